The minimum absolute atomic E-state index is 0.00197. The molecule has 0 unspecified atom stereocenters. The SMILES string of the molecule is Cc1cccc(OCCC(=O)NC[C@H]2CN(C)CCO2)c1C. The van der Waals surface area contributed by atoms with Crippen LogP contribution in [0.1, 0.15) is 17.5 Å². The monoisotopic (exact) mass is 306 g/mol. The number of benzene rings is 1. The van der Waals surface area contributed by atoms with Crippen LogP contribution >= 0.6 is 0 Å². The summed E-state index contributed by atoms with van der Waals surface area (Å²) in [6.45, 7) is 7.58. The Kier molecular flexibility index (Phi) is 6.21. The molecule has 1 fully saturated rings. The van der Waals surface area contributed by atoms with Crippen molar-refractivity contribution in [2.24, 2.45) is 0 Å². The predicted octanol–water partition coefficient (Wildman–Crippen LogP) is 1.52. The lowest BCUT2D eigenvalue weighted by atomic mass is 10.1. The fourth-order valence-electron chi connectivity index (χ4n) is 2.44. The van der Waals surface area contributed by atoms with E-state index in [2.05, 4.69) is 30.3 Å². The van der Waals surface area contributed by atoms with Crippen molar-refractivity contribution in [3.05, 3.63) is 29.3 Å². The van der Waals surface area contributed by atoms with Gasteiger partial charge in [0.1, 0.15) is 5.75 Å². The first kappa shape index (κ1) is 16.8. The Labute approximate surface area is 132 Å². The van der Waals surface area contributed by atoms with Gasteiger partial charge in [-0.2, -0.15) is 0 Å². The standard InChI is InChI=1S/C17H26N2O3/c1-13-5-4-6-16(14(13)2)22-9-7-17(20)18-11-15-12-19(3)8-10-21-15/h4-6,15H,7-12H2,1-3H3,(H,18,20)/t15-/m0/s1. The van der Waals surface area contributed by atoms with Gasteiger partial charge in [0.25, 0.3) is 0 Å². The fourth-order valence-corrected chi connectivity index (χ4v) is 2.44. The zero-order chi connectivity index (χ0) is 15.9. The highest BCUT2D eigenvalue weighted by molar-refractivity contribution is 5.76. The van der Waals surface area contributed by atoms with Crippen molar-refractivity contribution in [2.45, 2.75) is 26.4 Å². The lowest BCUT2D eigenvalue weighted by molar-refractivity contribution is -0.122. The van der Waals surface area contributed by atoms with Crippen molar-refractivity contribution in [1.82, 2.24) is 10.2 Å². The van der Waals surface area contributed by atoms with Gasteiger partial charge in [-0.05, 0) is 38.1 Å². The number of morpholine rings is 1. The quantitative estimate of drug-likeness (QED) is 0.866. The summed E-state index contributed by atoms with van der Waals surface area (Å²) in [5, 5.41) is 2.91. The molecule has 1 saturated heterocycles. The summed E-state index contributed by atoms with van der Waals surface area (Å²) in [4.78, 5) is 14.1. The first-order valence-corrected chi connectivity index (χ1v) is 7.82. The molecule has 1 atom stereocenters. The maximum atomic E-state index is 11.8. The van der Waals surface area contributed by atoms with Crippen LogP contribution in [0, 0.1) is 13.8 Å². The summed E-state index contributed by atoms with van der Waals surface area (Å²) in [5.74, 6) is 0.854. The van der Waals surface area contributed by atoms with Crippen LogP contribution < -0.4 is 10.1 Å². The van der Waals surface area contributed by atoms with E-state index in [-0.39, 0.29) is 12.0 Å². The van der Waals surface area contributed by atoms with E-state index in [0.29, 0.717) is 19.6 Å². The zero-order valence-electron chi connectivity index (χ0n) is 13.7. The van der Waals surface area contributed by atoms with Gasteiger partial charge in [0.05, 0.1) is 25.7 Å². The summed E-state index contributed by atoms with van der Waals surface area (Å²) >= 11 is 0. The number of carbonyl (C=O) groups excluding carboxylic acids is 1. The van der Waals surface area contributed by atoms with Crippen molar-refractivity contribution < 1.29 is 14.3 Å². The fraction of sp³-hybridized carbons (Fsp3) is 0.588. The summed E-state index contributed by atoms with van der Waals surface area (Å²) in [7, 11) is 2.06. The van der Waals surface area contributed by atoms with Crippen LogP contribution in [0.15, 0.2) is 18.2 Å². The molecule has 0 radical (unpaired) electrons. The van der Waals surface area contributed by atoms with Gasteiger partial charge in [-0.15, -0.1) is 0 Å². The molecule has 1 heterocycles. The number of hydrogen-bond acceptors (Lipinski definition) is 4. The van der Waals surface area contributed by atoms with E-state index in [1.165, 1.54) is 5.56 Å². The number of likely N-dealkylation sites (N-methyl/N-ethyl adjacent to an activating group) is 1. The van der Waals surface area contributed by atoms with Gasteiger partial charge >= 0.3 is 0 Å². The molecular weight excluding hydrogens is 280 g/mol. The molecule has 1 N–H and O–H groups in total. The van der Waals surface area contributed by atoms with Gasteiger partial charge in [-0.3, -0.25) is 4.79 Å². The molecule has 0 aromatic heterocycles. The van der Waals surface area contributed by atoms with Crippen molar-refractivity contribution in [1.29, 1.82) is 0 Å². The van der Waals surface area contributed by atoms with E-state index in [9.17, 15) is 4.79 Å². The maximum absolute atomic E-state index is 11.8. The smallest absolute Gasteiger partial charge is 0.223 e. The van der Waals surface area contributed by atoms with Crippen LogP contribution in [0.5, 0.6) is 5.75 Å². The van der Waals surface area contributed by atoms with Gasteiger partial charge in [0.2, 0.25) is 5.91 Å². The highest BCUT2D eigenvalue weighted by atomic mass is 16.5. The molecule has 1 aliphatic heterocycles. The lowest BCUT2D eigenvalue weighted by Gasteiger charge is -2.30. The number of amides is 1. The van der Waals surface area contributed by atoms with Crippen LogP contribution in [0.2, 0.25) is 0 Å². The zero-order valence-corrected chi connectivity index (χ0v) is 13.7. The van der Waals surface area contributed by atoms with Crippen molar-refractivity contribution in [3.63, 3.8) is 0 Å². The Bertz CT molecular complexity index is 505. The average Bonchev–Trinajstić information content (AvgIpc) is 2.49. The molecule has 2 rings (SSSR count). The highest BCUT2D eigenvalue weighted by Gasteiger charge is 2.18. The average molecular weight is 306 g/mol. The van der Waals surface area contributed by atoms with E-state index < -0.39 is 0 Å². The molecule has 5 heteroatoms. The number of hydrogen-bond donors (Lipinski definition) is 1. The van der Waals surface area contributed by atoms with Gasteiger partial charge in [0, 0.05) is 19.6 Å². The van der Waals surface area contributed by atoms with Crippen molar-refractivity contribution in [2.75, 3.05) is 39.9 Å². The molecule has 1 aromatic rings. The normalized spacial score (nSPS) is 19.0. The Morgan fingerprint density at radius 3 is 3.05 bits per heavy atom. The molecule has 0 saturated carbocycles. The van der Waals surface area contributed by atoms with Crippen LogP contribution in [0.25, 0.3) is 0 Å². The number of rotatable bonds is 6. The van der Waals surface area contributed by atoms with Crippen LogP contribution in [-0.4, -0.2) is 56.8 Å². The van der Waals surface area contributed by atoms with Gasteiger partial charge in [-0.25, -0.2) is 0 Å². The number of ether oxygens (including phenoxy) is 2. The number of nitrogens with zero attached hydrogens (tertiary/aromatic N) is 1. The molecule has 22 heavy (non-hydrogen) atoms. The first-order valence-electron chi connectivity index (χ1n) is 7.82. The highest BCUT2D eigenvalue weighted by Crippen LogP contribution is 2.20. The molecule has 0 bridgehead atoms. The van der Waals surface area contributed by atoms with E-state index in [1.54, 1.807) is 0 Å². The molecule has 1 aliphatic rings. The Morgan fingerprint density at radius 2 is 2.27 bits per heavy atom. The molecule has 0 spiro atoms. The third-order valence-electron chi connectivity index (χ3n) is 4.01. The first-order chi connectivity index (χ1) is 10.6. The van der Waals surface area contributed by atoms with E-state index in [4.69, 9.17) is 9.47 Å². The predicted molar refractivity (Wildman–Crippen MR) is 86.3 cm³/mol. The van der Waals surface area contributed by atoms with E-state index in [1.807, 2.05) is 19.1 Å². The van der Waals surface area contributed by atoms with Crippen LogP contribution in [0.3, 0.4) is 0 Å². The second-order valence-electron chi connectivity index (χ2n) is 5.86. The van der Waals surface area contributed by atoms with E-state index in [0.717, 1.165) is 31.0 Å². The Hall–Kier alpha value is -1.59. The summed E-state index contributed by atoms with van der Waals surface area (Å²) in [5.41, 5.74) is 2.32. The van der Waals surface area contributed by atoms with Crippen LogP contribution in [0.4, 0.5) is 0 Å². The second kappa shape index (κ2) is 8.15. The van der Waals surface area contributed by atoms with Gasteiger partial charge in [-0.1, -0.05) is 12.1 Å². The minimum atomic E-state index is 0.00197. The molecule has 1 amide bonds. The van der Waals surface area contributed by atoms with Crippen molar-refractivity contribution >= 4 is 5.91 Å². The molecule has 1 aromatic carbocycles. The molecule has 122 valence electrons. The number of nitrogens with one attached hydrogen (secondary N) is 1. The number of aryl methyl sites for hydroxylation is 1. The summed E-state index contributed by atoms with van der Waals surface area (Å²) < 4.78 is 11.3. The van der Waals surface area contributed by atoms with Crippen LogP contribution in [-0.2, 0) is 9.53 Å². The van der Waals surface area contributed by atoms with E-state index >= 15 is 0 Å². The largest absolute Gasteiger partial charge is 0.493 e. The molecule has 5 nitrogen and oxygen atoms in total. The second-order valence-corrected chi connectivity index (χ2v) is 5.86. The molecule has 0 aliphatic carbocycles. The van der Waals surface area contributed by atoms with Gasteiger partial charge in [0.15, 0.2) is 0 Å². The molecular formula is C17H26N2O3. The summed E-state index contributed by atoms with van der Waals surface area (Å²) in [6.07, 6.45) is 0.443. The Morgan fingerprint density at radius 1 is 1.45 bits per heavy atom. The summed E-state index contributed by atoms with van der Waals surface area (Å²) in [6, 6.07) is 5.96. The third kappa shape index (κ3) is 5.00. The van der Waals surface area contributed by atoms with Crippen molar-refractivity contribution in [3.8, 4) is 5.75 Å². The third-order valence-corrected chi connectivity index (χ3v) is 4.01. The van der Waals surface area contributed by atoms with Gasteiger partial charge < -0.3 is 19.7 Å². The topological polar surface area (TPSA) is 50.8 Å². The minimum Gasteiger partial charge on any atom is -0.493 e. The number of carbonyl (C=O) groups is 1. The lowest BCUT2D eigenvalue weighted by Crippen LogP contribution is -2.46. The maximum Gasteiger partial charge on any atom is 0.223 e. The Balaban J connectivity index is 1.66.